The summed E-state index contributed by atoms with van der Waals surface area (Å²) >= 11 is 7.27. The van der Waals surface area contributed by atoms with Gasteiger partial charge >= 0.3 is 0 Å². The second-order valence-corrected chi connectivity index (χ2v) is 9.17. The summed E-state index contributed by atoms with van der Waals surface area (Å²) in [5.41, 5.74) is 1.06. The third-order valence-corrected chi connectivity index (χ3v) is 6.48. The van der Waals surface area contributed by atoms with Crippen LogP contribution < -0.4 is 0 Å². The second kappa shape index (κ2) is 7.06. The van der Waals surface area contributed by atoms with Gasteiger partial charge in [-0.15, -0.1) is 11.3 Å². The lowest BCUT2D eigenvalue weighted by Gasteiger charge is -2.14. The minimum absolute atomic E-state index is 0.184. The molecule has 0 spiro atoms. The highest BCUT2D eigenvalue weighted by molar-refractivity contribution is 7.89. The van der Waals surface area contributed by atoms with Crippen molar-refractivity contribution < 1.29 is 8.42 Å². The van der Waals surface area contributed by atoms with Crippen LogP contribution in [0.15, 0.2) is 59.8 Å². The third kappa shape index (κ3) is 3.87. The summed E-state index contributed by atoms with van der Waals surface area (Å²) in [7, 11) is -2.03. The first-order valence-corrected chi connectivity index (χ1v) is 9.85. The van der Waals surface area contributed by atoms with Gasteiger partial charge in [-0.25, -0.2) is 8.42 Å². The molecule has 8 heteroatoms. The van der Waals surface area contributed by atoms with E-state index in [1.165, 1.54) is 21.8 Å². The molecule has 126 valence electrons. The fourth-order valence-corrected chi connectivity index (χ4v) is 4.58. The molecule has 2 aromatic heterocycles. The Labute approximate surface area is 150 Å². The maximum atomic E-state index is 12.7. The molecule has 24 heavy (non-hydrogen) atoms. The van der Waals surface area contributed by atoms with Crippen LogP contribution in [0, 0.1) is 0 Å². The first-order valence-electron chi connectivity index (χ1n) is 7.22. The summed E-state index contributed by atoms with van der Waals surface area (Å²) in [6.45, 7) is 0.810. The van der Waals surface area contributed by atoms with Gasteiger partial charge < -0.3 is 0 Å². The van der Waals surface area contributed by atoms with Crippen molar-refractivity contribution in [2.45, 2.75) is 18.0 Å². The van der Waals surface area contributed by atoms with Gasteiger partial charge in [0.25, 0.3) is 0 Å². The molecule has 2 heterocycles. The summed E-state index contributed by atoms with van der Waals surface area (Å²) in [4.78, 5) is 1.08. The summed E-state index contributed by atoms with van der Waals surface area (Å²) in [6.07, 6.45) is 2.94. The van der Waals surface area contributed by atoms with Crippen molar-refractivity contribution in [1.29, 1.82) is 0 Å². The van der Waals surface area contributed by atoms with Crippen molar-refractivity contribution in [2.24, 2.45) is 0 Å². The van der Waals surface area contributed by atoms with Gasteiger partial charge in [0, 0.05) is 24.7 Å². The van der Waals surface area contributed by atoms with E-state index >= 15 is 0 Å². The van der Waals surface area contributed by atoms with Crippen molar-refractivity contribution in [3.8, 4) is 0 Å². The normalized spacial score (nSPS) is 12.0. The van der Waals surface area contributed by atoms with Gasteiger partial charge in [0.15, 0.2) is 0 Å². The molecule has 0 bridgehead atoms. The number of hydrogen-bond donors (Lipinski definition) is 0. The molecule has 0 atom stereocenters. The summed E-state index contributed by atoms with van der Waals surface area (Å²) in [6, 6.07) is 13.4. The molecule has 0 aliphatic heterocycles. The Bertz CT molecular complexity index is 920. The van der Waals surface area contributed by atoms with Gasteiger partial charge in [0.05, 0.1) is 17.1 Å². The summed E-state index contributed by atoms with van der Waals surface area (Å²) in [5.74, 6) is 0. The third-order valence-electron chi connectivity index (χ3n) is 3.51. The van der Waals surface area contributed by atoms with E-state index in [9.17, 15) is 8.42 Å². The van der Waals surface area contributed by atoms with Gasteiger partial charge in [-0.3, -0.25) is 4.68 Å². The van der Waals surface area contributed by atoms with Crippen molar-refractivity contribution >= 4 is 33.0 Å². The molecule has 0 N–H and O–H groups in total. The Balaban J connectivity index is 1.75. The van der Waals surface area contributed by atoms with Crippen LogP contribution in [0.5, 0.6) is 0 Å². The molecular formula is C16H16ClN3O2S2. The molecule has 3 aromatic rings. The Kier molecular flexibility index (Phi) is 5.05. The van der Waals surface area contributed by atoms with Gasteiger partial charge in [-0.1, -0.05) is 41.9 Å². The fraction of sp³-hybridized carbons (Fsp3) is 0.188. The van der Waals surface area contributed by atoms with E-state index < -0.39 is 10.0 Å². The van der Waals surface area contributed by atoms with Gasteiger partial charge in [0.1, 0.15) is 4.90 Å². The number of rotatable bonds is 6. The van der Waals surface area contributed by atoms with E-state index in [0.29, 0.717) is 10.9 Å². The molecule has 0 aliphatic rings. The average Bonchev–Trinajstić information content (AvgIpc) is 3.18. The lowest BCUT2D eigenvalue weighted by molar-refractivity contribution is 0.469. The molecule has 0 saturated heterocycles. The number of halogens is 1. The molecule has 5 nitrogen and oxygen atoms in total. The predicted octanol–water partition coefficient (Wildman–Crippen LogP) is 3.47. The van der Waals surface area contributed by atoms with E-state index in [0.717, 1.165) is 10.4 Å². The SMILES string of the molecule is CN(Cc1ccc(Cl)s1)S(=O)(=O)c1cnn(Cc2ccccc2)c1. The minimum Gasteiger partial charge on any atom is -0.267 e. The Hall–Kier alpha value is -1.67. The molecule has 3 rings (SSSR count). The van der Waals surface area contributed by atoms with Gasteiger partial charge in [-0.2, -0.15) is 9.40 Å². The minimum atomic E-state index is -3.59. The van der Waals surface area contributed by atoms with E-state index in [4.69, 9.17) is 11.6 Å². The van der Waals surface area contributed by atoms with Crippen LogP contribution >= 0.6 is 22.9 Å². The standard InChI is InChI=1S/C16H16ClN3O2S2/c1-19(11-14-7-8-16(17)23-14)24(21,22)15-9-18-20(12-15)10-13-5-3-2-4-6-13/h2-9,12H,10-11H2,1H3. The zero-order valence-electron chi connectivity index (χ0n) is 13.0. The van der Waals surface area contributed by atoms with E-state index in [-0.39, 0.29) is 11.4 Å². The molecule has 0 unspecified atom stereocenters. The van der Waals surface area contributed by atoms with Crippen LogP contribution in [0.3, 0.4) is 0 Å². The van der Waals surface area contributed by atoms with Crippen LogP contribution in [-0.4, -0.2) is 29.6 Å². The highest BCUT2D eigenvalue weighted by atomic mass is 35.5. The van der Waals surface area contributed by atoms with Crippen molar-refractivity contribution in [3.05, 3.63) is 69.6 Å². The molecule has 1 aromatic carbocycles. The Morgan fingerprint density at radius 2 is 1.96 bits per heavy atom. The number of benzene rings is 1. The maximum Gasteiger partial charge on any atom is 0.246 e. The largest absolute Gasteiger partial charge is 0.267 e. The number of aromatic nitrogens is 2. The molecule has 0 saturated carbocycles. The number of thiophene rings is 1. The first kappa shape index (κ1) is 17.2. The zero-order valence-corrected chi connectivity index (χ0v) is 15.4. The molecular weight excluding hydrogens is 366 g/mol. The summed E-state index contributed by atoms with van der Waals surface area (Å²) < 4.78 is 28.9. The number of sulfonamides is 1. The monoisotopic (exact) mass is 381 g/mol. The number of nitrogens with zero attached hydrogens (tertiary/aromatic N) is 3. The van der Waals surface area contributed by atoms with Crippen molar-refractivity contribution in [3.63, 3.8) is 0 Å². The van der Waals surface area contributed by atoms with E-state index in [1.807, 2.05) is 36.4 Å². The average molecular weight is 382 g/mol. The van der Waals surface area contributed by atoms with Crippen LogP contribution in [0.25, 0.3) is 0 Å². The Morgan fingerprint density at radius 1 is 1.21 bits per heavy atom. The van der Waals surface area contributed by atoms with Crippen molar-refractivity contribution in [2.75, 3.05) is 7.05 Å². The molecule has 0 amide bonds. The summed E-state index contributed by atoms with van der Waals surface area (Å²) in [5, 5.41) is 4.16. The quantitative estimate of drug-likeness (QED) is 0.657. The lowest BCUT2D eigenvalue weighted by Crippen LogP contribution is -2.25. The van der Waals surface area contributed by atoms with Crippen LogP contribution in [0.1, 0.15) is 10.4 Å². The first-order chi connectivity index (χ1) is 11.4. The molecule has 0 aliphatic carbocycles. The topological polar surface area (TPSA) is 55.2 Å². The predicted molar refractivity (Wildman–Crippen MR) is 95.8 cm³/mol. The highest BCUT2D eigenvalue weighted by Crippen LogP contribution is 2.24. The fourth-order valence-electron chi connectivity index (χ4n) is 2.26. The van der Waals surface area contributed by atoms with Crippen LogP contribution in [-0.2, 0) is 23.1 Å². The van der Waals surface area contributed by atoms with Crippen molar-refractivity contribution in [1.82, 2.24) is 14.1 Å². The second-order valence-electron chi connectivity index (χ2n) is 5.33. The zero-order chi connectivity index (χ0) is 17.2. The van der Waals surface area contributed by atoms with E-state index in [1.54, 1.807) is 24.0 Å². The molecule has 0 radical (unpaired) electrons. The Morgan fingerprint density at radius 3 is 2.62 bits per heavy atom. The van der Waals surface area contributed by atoms with Crippen LogP contribution in [0.4, 0.5) is 0 Å². The number of hydrogen-bond acceptors (Lipinski definition) is 4. The lowest BCUT2D eigenvalue weighted by atomic mass is 10.2. The van der Waals surface area contributed by atoms with Crippen LogP contribution in [0.2, 0.25) is 4.34 Å². The smallest absolute Gasteiger partial charge is 0.246 e. The van der Waals surface area contributed by atoms with E-state index in [2.05, 4.69) is 5.10 Å². The van der Waals surface area contributed by atoms with Gasteiger partial charge in [0.2, 0.25) is 10.0 Å². The molecule has 0 fully saturated rings. The maximum absolute atomic E-state index is 12.7. The van der Waals surface area contributed by atoms with Gasteiger partial charge in [-0.05, 0) is 17.7 Å². The highest BCUT2D eigenvalue weighted by Gasteiger charge is 2.23.